The molecule has 6 nitrogen and oxygen atoms in total. The van der Waals surface area contributed by atoms with Gasteiger partial charge in [-0.15, -0.1) is 4.79 Å². The number of amides is 1. The molecule has 0 fully saturated rings. The number of benzene rings is 1. The largest absolute Gasteiger partial charge is 0.473 e. The van der Waals surface area contributed by atoms with Crippen molar-refractivity contribution in [2.24, 2.45) is 0 Å². The van der Waals surface area contributed by atoms with Crippen molar-refractivity contribution < 1.29 is 18.0 Å². The van der Waals surface area contributed by atoms with Gasteiger partial charge in [0.15, 0.2) is 0 Å². The molecular weight excluding hydrogens is 278 g/mol. The van der Waals surface area contributed by atoms with E-state index in [0.717, 1.165) is 5.56 Å². The van der Waals surface area contributed by atoms with Crippen molar-refractivity contribution in [1.29, 1.82) is 0 Å². The third kappa shape index (κ3) is 3.76. The summed E-state index contributed by atoms with van der Waals surface area (Å²) in [6.45, 7) is 6.89. The number of carbonyl (C=O) groups excluding carboxylic acids is 1. The Bertz CT molecular complexity index is 664. The highest BCUT2D eigenvalue weighted by Crippen LogP contribution is 2.13. The number of carbonyl (C=O) groups is 1. The molecule has 0 bridgehead atoms. The topological polar surface area (TPSA) is 99.6 Å². The molecule has 1 amide bonds. The van der Waals surface area contributed by atoms with Crippen molar-refractivity contribution in [3.8, 4) is 0 Å². The smallest absolute Gasteiger partial charge is 0.360 e. The van der Waals surface area contributed by atoms with E-state index in [2.05, 4.69) is 10.1 Å². The number of sulfone groups is 1. The zero-order valence-electron chi connectivity index (χ0n) is 11.8. The van der Waals surface area contributed by atoms with E-state index in [9.17, 15) is 13.2 Å². The molecule has 0 heterocycles. The number of rotatable bonds is 1. The fourth-order valence-corrected chi connectivity index (χ4v) is 2.56. The van der Waals surface area contributed by atoms with Gasteiger partial charge in [-0.2, -0.15) is 0 Å². The van der Waals surface area contributed by atoms with Crippen molar-refractivity contribution in [2.75, 3.05) is 0 Å². The maximum atomic E-state index is 12.3. The predicted octanol–water partition coefficient (Wildman–Crippen LogP) is 1.31. The van der Waals surface area contributed by atoms with Gasteiger partial charge in [0.05, 0.1) is 4.90 Å². The van der Waals surface area contributed by atoms with Gasteiger partial charge in [0.1, 0.15) is 0 Å². The Labute approximate surface area is 118 Å². The highest BCUT2D eigenvalue weighted by molar-refractivity contribution is 8.08. The summed E-state index contributed by atoms with van der Waals surface area (Å²) in [4.78, 5) is 14.5. The fourth-order valence-electron chi connectivity index (χ4n) is 1.44. The van der Waals surface area contributed by atoms with Crippen molar-refractivity contribution in [3.63, 3.8) is 0 Å². The van der Waals surface area contributed by atoms with Gasteiger partial charge in [-0.3, -0.25) is 4.79 Å². The molecule has 20 heavy (non-hydrogen) atoms. The Morgan fingerprint density at radius 3 is 2.10 bits per heavy atom. The zero-order chi connectivity index (χ0) is 15.6. The molecule has 0 spiro atoms. The highest BCUT2D eigenvalue weighted by Gasteiger charge is 2.38. The van der Waals surface area contributed by atoms with Crippen LogP contribution in [0.3, 0.4) is 0 Å². The third-order valence-electron chi connectivity index (χ3n) is 2.36. The van der Waals surface area contributed by atoms with Gasteiger partial charge in [-0.25, -0.2) is 8.42 Å². The maximum absolute atomic E-state index is 12.3. The van der Waals surface area contributed by atoms with Crippen molar-refractivity contribution >= 4 is 20.8 Å². The second kappa shape index (κ2) is 5.56. The van der Waals surface area contributed by atoms with Gasteiger partial charge in [-0.1, -0.05) is 17.7 Å². The summed E-state index contributed by atoms with van der Waals surface area (Å²) in [7, 11) is -4.15. The van der Waals surface area contributed by atoms with E-state index in [0.29, 0.717) is 0 Å². The van der Waals surface area contributed by atoms with Crippen LogP contribution in [0.15, 0.2) is 29.2 Å². The molecule has 0 aliphatic heterocycles. The lowest BCUT2D eigenvalue weighted by Crippen LogP contribution is -2.46. The Morgan fingerprint density at radius 1 is 1.20 bits per heavy atom. The SMILES string of the molecule is Cc1ccc(S(=O)(=O)C(=[N+]=[N-])C(=O)NC(C)(C)C)cc1. The lowest BCUT2D eigenvalue weighted by Gasteiger charge is -2.18. The maximum Gasteiger partial charge on any atom is 0.473 e. The van der Waals surface area contributed by atoms with Crippen LogP contribution >= 0.6 is 0 Å². The van der Waals surface area contributed by atoms with Gasteiger partial charge in [0.2, 0.25) is 0 Å². The van der Waals surface area contributed by atoms with Gasteiger partial charge < -0.3 is 10.8 Å². The second-order valence-electron chi connectivity index (χ2n) is 5.43. The molecule has 0 aromatic heterocycles. The minimum atomic E-state index is -4.15. The van der Waals surface area contributed by atoms with E-state index < -0.39 is 26.3 Å². The van der Waals surface area contributed by atoms with E-state index >= 15 is 0 Å². The monoisotopic (exact) mass is 295 g/mol. The van der Waals surface area contributed by atoms with Crippen LogP contribution in [0.4, 0.5) is 0 Å². The first-order chi connectivity index (χ1) is 9.08. The van der Waals surface area contributed by atoms with E-state index in [4.69, 9.17) is 5.53 Å². The molecule has 108 valence electrons. The van der Waals surface area contributed by atoms with E-state index in [1.807, 2.05) is 6.92 Å². The molecule has 1 rings (SSSR count). The standard InChI is InChI=1S/C13H17N3O3S/c1-9-5-7-10(8-6-9)20(18,19)12(16-14)11(17)15-13(2,3)4/h5-8H,1-4H3,(H,15,17). The summed E-state index contributed by atoms with van der Waals surface area (Å²) in [5.41, 5.74) is 9.13. The Hall–Kier alpha value is -1.98. The molecule has 1 aromatic carbocycles. The van der Waals surface area contributed by atoms with Crippen LogP contribution in [0.2, 0.25) is 0 Å². The van der Waals surface area contributed by atoms with Crippen LogP contribution < -0.4 is 5.32 Å². The van der Waals surface area contributed by atoms with E-state index in [1.54, 1.807) is 32.9 Å². The quantitative estimate of drug-likeness (QED) is 0.366. The fraction of sp³-hybridized carbons (Fsp3) is 0.385. The summed E-state index contributed by atoms with van der Waals surface area (Å²) < 4.78 is 24.5. The summed E-state index contributed by atoms with van der Waals surface area (Å²) in [5, 5.41) is 1.53. The average molecular weight is 295 g/mol. The molecular formula is C13H17N3O3S. The summed E-state index contributed by atoms with van der Waals surface area (Å²) in [6, 6.07) is 5.92. The summed E-state index contributed by atoms with van der Waals surface area (Å²) in [6.07, 6.45) is 0. The number of hydrogen-bond donors (Lipinski definition) is 1. The first-order valence-corrected chi connectivity index (χ1v) is 7.42. The first-order valence-electron chi connectivity index (χ1n) is 5.94. The molecule has 1 N–H and O–H groups in total. The lowest BCUT2D eigenvalue weighted by molar-refractivity contribution is -0.119. The third-order valence-corrected chi connectivity index (χ3v) is 4.03. The molecule has 0 unspecified atom stereocenters. The van der Waals surface area contributed by atoms with Crippen LogP contribution in [-0.2, 0) is 14.6 Å². The van der Waals surface area contributed by atoms with Gasteiger partial charge in [0.25, 0.3) is 9.84 Å². The van der Waals surface area contributed by atoms with Crippen molar-refractivity contribution in [3.05, 3.63) is 35.4 Å². The normalized spacial score (nSPS) is 11.6. The number of nitrogens with one attached hydrogen (secondary N) is 1. The van der Waals surface area contributed by atoms with Crippen LogP contribution in [0.1, 0.15) is 26.3 Å². The summed E-state index contributed by atoms with van der Waals surface area (Å²) in [5.74, 6) is -0.944. The predicted molar refractivity (Wildman–Crippen MR) is 74.9 cm³/mol. The lowest BCUT2D eigenvalue weighted by atomic mass is 10.1. The molecule has 0 aliphatic carbocycles. The Kier molecular flexibility index (Phi) is 4.47. The van der Waals surface area contributed by atoms with Crippen molar-refractivity contribution in [2.45, 2.75) is 38.1 Å². The molecule has 0 aliphatic rings. The van der Waals surface area contributed by atoms with Crippen molar-refractivity contribution in [1.82, 2.24) is 5.32 Å². The number of nitrogens with zero attached hydrogens (tertiary/aromatic N) is 2. The molecule has 0 saturated heterocycles. The minimum absolute atomic E-state index is 0.0973. The average Bonchev–Trinajstić information content (AvgIpc) is 2.27. The van der Waals surface area contributed by atoms with Crippen LogP contribution in [0.25, 0.3) is 5.53 Å². The molecule has 0 saturated carbocycles. The molecule has 0 radical (unpaired) electrons. The van der Waals surface area contributed by atoms with Gasteiger partial charge >= 0.3 is 11.0 Å². The number of hydrogen-bond acceptors (Lipinski definition) is 3. The Balaban J connectivity index is 3.22. The van der Waals surface area contributed by atoms with Crippen LogP contribution in [-0.4, -0.2) is 29.7 Å². The van der Waals surface area contributed by atoms with Crippen LogP contribution in [0, 0.1) is 6.92 Å². The minimum Gasteiger partial charge on any atom is -0.360 e. The van der Waals surface area contributed by atoms with E-state index in [1.165, 1.54) is 12.1 Å². The van der Waals surface area contributed by atoms with Gasteiger partial charge in [-0.05, 0) is 39.8 Å². The zero-order valence-corrected chi connectivity index (χ0v) is 12.7. The second-order valence-corrected chi connectivity index (χ2v) is 7.29. The molecule has 1 aromatic rings. The molecule has 0 atom stereocenters. The number of aryl methyl sites for hydroxylation is 1. The highest BCUT2D eigenvalue weighted by atomic mass is 32.2. The van der Waals surface area contributed by atoms with Gasteiger partial charge in [0, 0.05) is 5.54 Å². The summed E-state index contributed by atoms with van der Waals surface area (Å²) >= 11 is 0. The Morgan fingerprint density at radius 2 is 1.70 bits per heavy atom. The van der Waals surface area contributed by atoms with E-state index in [-0.39, 0.29) is 4.90 Å². The van der Waals surface area contributed by atoms with Crippen LogP contribution in [0.5, 0.6) is 0 Å². The first kappa shape index (κ1) is 16.1. The molecule has 7 heteroatoms.